The Balaban J connectivity index is 0.000000583. The van der Waals surface area contributed by atoms with Gasteiger partial charge in [0.1, 0.15) is 5.75 Å². The molecule has 0 saturated carbocycles. The summed E-state index contributed by atoms with van der Waals surface area (Å²) in [6.45, 7) is 3.05. The molecular formula is C10H17NO4. The van der Waals surface area contributed by atoms with Crippen molar-refractivity contribution in [2.75, 3.05) is 6.61 Å². The average molecular weight is 215 g/mol. The Morgan fingerprint density at radius 2 is 1.73 bits per heavy atom. The Kier molecular flexibility index (Phi) is 6.61. The molecule has 5 heteroatoms. The highest BCUT2D eigenvalue weighted by molar-refractivity contribution is 5.39. The Morgan fingerprint density at radius 3 is 2.13 bits per heavy atom. The lowest BCUT2D eigenvalue weighted by molar-refractivity contribution is 0.254. The van der Waals surface area contributed by atoms with Crippen molar-refractivity contribution in [3.8, 4) is 5.75 Å². The summed E-state index contributed by atoms with van der Waals surface area (Å²) in [5.74, 6) is -0.0379. The predicted molar refractivity (Wildman–Crippen MR) is 55.2 cm³/mol. The first-order valence-electron chi connectivity index (χ1n) is 4.61. The molecule has 1 aromatic heterocycles. The second-order valence-corrected chi connectivity index (χ2v) is 2.83. The molecule has 1 aromatic rings. The van der Waals surface area contributed by atoms with Crippen LogP contribution in [0.5, 0.6) is 5.75 Å². The Bertz CT molecular complexity index is 302. The van der Waals surface area contributed by atoms with Crippen LogP contribution < -0.4 is 0 Å². The molecule has 1 heterocycles. The van der Waals surface area contributed by atoms with Gasteiger partial charge in [-0.15, -0.1) is 0 Å². The van der Waals surface area contributed by atoms with Crippen molar-refractivity contribution in [1.29, 1.82) is 0 Å². The van der Waals surface area contributed by atoms with Gasteiger partial charge < -0.3 is 20.4 Å². The van der Waals surface area contributed by atoms with Gasteiger partial charge in [-0.25, -0.2) is 0 Å². The van der Waals surface area contributed by atoms with Gasteiger partial charge in [-0.05, 0) is 13.8 Å². The zero-order chi connectivity index (χ0) is 11.8. The molecule has 0 amide bonds. The number of hydrogen-bond acceptors (Lipinski definition) is 5. The van der Waals surface area contributed by atoms with Crippen LogP contribution in [0.1, 0.15) is 23.7 Å². The van der Waals surface area contributed by atoms with Crippen LogP contribution >= 0.6 is 0 Å². The molecule has 15 heavy (non-hydrogen) atoms. The summed E-state index contributed by atoms with van der Waals surface area (Å²) in [5.41, 5.74) is 1.27. The molecule has 0 aliphatic heterocycles. The van der Waals surface area contributed by atoms with Gasteiger partial charge in [-0.3, -0.25) is 4.98 Å². The molecule has 0 fully saturated rings. The van der Waals surface area contributed by atoms with Gasteiger partial charge in [0.15, 0.2) is 0 Å². The lowest BCUT2D eigenvalue weighted by Gasteiger charge is -2.07. The highest BCUT2D eigenvalue weighted by Gasteiger charge is 2.09. The largest absolute Gasteiger partial charge is 0.506 e. The monoisotopic (exact) mass is 215 g/mol. The van der Waals surface area contributed by atoms with Gasteiger partial charge in [-0.2, -0.15) is 0 Å². The Hall–Kier alpha value is -1.17. The van der Waals surface area contributed by atoms with E-state index >= 15 is 0 Å². The zero-order valence-corrected chi connectivity index (χ0v) is 8.93. The van der Waals surface area contributed by atoms with Crippen molar-refractivity contribution >= 4 is 0 Å². The Labute approximate surface area is 88.7 Å². The van der Waals surface area contributed by atoms with E-state index in [1.165, 1.54) is 6.20 Å². The maximum absolute atomic E-state index is 9.38. The fourth-order valence-electron chi connectivity index (χ4n) is 0.997. The van der Waals surface area contributed by atoms with Gasteiger partial charge >= 0.3 is 0 Å². The number of aromatic hydroxyl groups is 1. The van der Waals surface area contributed by atoms with Crippen LogP contribution in [0.4, 0.5) is 0 Å². The maximum Gasteiger partial charge on any atom is 0.142 e. The number of hydrogen-bond donors (Lipinski definition) is 4. The van der Waals surface area contributed by atoms with Gasteiger partial charge in [0.05, 0.1) is 18.9 Å². The third-order valence-electron chi connectivity index (χ3n) is 1.76. The number of nitrogens with zero attached hydrogens (tertiary/aromatic N) is 1. The average Bonchev–Trinajstić information content (AvgIpc) is 2.23. The third kappa shape index (κ3) is 3.83. The van der Waals surface area contributed by atoms with E-state index in [-0.39, 0.29) is 25.6 Å². The second kappa shape index (κ2) is 7.17. The van der Waals surface area contributed by atoms with Gasteiger partial charge in [0, 0.05) is 23.9 Å². The van der Waals surface area contributed by atoms with E-state index in [0.717, 1.165) is 0 Å². The SMILES string of the molecule is CCO.Cc1ncc(CO)c(CO)c1O. The number of aliphatic hydroxyl groups is 3. The normalized spacial score (nSPS) is 9.40. The number of pyridine rings is 1. The highest BCUT2D eigenvalue weighted by Crippen LogP contribution is 2.23. The van der Waals surface area contributed by atoms with E-state index in [1.54, 1.807) is 13.8 Å². The summed E-state index contributed by atoms with van der Waals surface area (Å²) in [6, 6.07) is 0. The van der Waals surface area contributed by atoms with E-state index in [2.05, 4.69) is 4.98 Å². The summed E-state index contributed by atoms with van der Waals surface area (Å²) in [6.07, 6.45) is 1.45. The fourth-order valence-corrected chi connectivity index (χ4v) is 0.997. The second-order valence-electron chi connectivity index (χ2n) is 2.83. The molecule has 1 rings (SSSR count). The molecule has 0 unspecified atom stereocenters. The fraction of sp³-hybridized carbons (Fsp3) is 0.500. The quantitative estimate of drug-likeness (QED) is 0.560. The molecule has 0 bridgehead atoms. The summed E-state index contributed by atoms with van der Waals surface area (Å²) in [5, 5.41) is 34.6. The van der Waals surface area contributed by atoms with E-state index in [4.69, 9.17) is 15.3 Å². The van der Waals surface area contributed by atoms with Crippen LogP contribution in [0, 0.1) is 6.92 Å². The summed E-state index contributed by atoms with van der Waals surface area (Å²) in [4.78, 5) is 3.84. The standard InChI is InChI=1S/C8H11NO3.C2H6O/c1-5-8(12)7(4-11)6(3-10)2-9-5;1-2-3/h2,10-12H,3-4H2,1H3;3H,2H2,1H3. The lowest BCUT2D eigenvalue weighted by atomic mass is 10.1. The number of rotatable bonds is 2. The molecule has 5 nitrogen and oxygen atoms in total. The van der Waals surface area contributed by atoms with Crippen LogP contribution in [0.25, 0.3) is 0 Å². The molecule has 0 aliphatic rings. The molecule has 0 spiro atoms. The third-order valence-corrected chi connectivity index (χ3v) is 1.76. The number of aromatic nitrogens is 1. The predicted octanol–water partition coefficient (Wildman–Crippen LogP) is 0.0788. The zero-order valence-electron chi connectivity index (χ0n) is 8.93. The van der Waals surface area contributed by atoms with Gasteiger partial charge in [0.25, 0.3) is 0 Å². The molecule has 4 N–H and O–H groups in total. The van der Waals surface area contributed by atoms with Crippen molar-refractivity contribution in [2.45, 2.75) is 27.1 Å². The van der Waals surface area contributed by atoms with Gasteiger partial charge in [0.2, 0.25) is 0 Å². The minimum absolute atomic E-state index is 0.0379. The van der Waals surface area contributed by atoms with E-state index in [0.29, 0.717) is 16.8 Å². The van der Waals surface area contributed by atoms with E-state index < -0.39 is 0 Å². The summed E-state index contributed by atoms with van der Waals surface area (Å²) < 4.78 is 0. The first kappa shape index (κ1) is 13.8. The van der Waals surface area contributed by atoms with Gasteiger partial charge in [-0.1, -0.05) is 0 Å². The topological polar surface area (TPSA) is 93.8 Å². The highest BCUT2D eigenvalue weighted by atomic mass is 16.3. The van der Waals surface area contributed by atoms with Crippen LogP contribution in [0.3, 0.4) is 0 Å². The molecule has 0 radical (unpaired) electrons. The number of aliphatic hydroxyl groups excluding tert-OH is 3. The van der Waals surface area contributed by atoms with Crippen molar-refractivity contribution in [2.24, 2.45) is 0 Å². The molecule has 0 aliphatic carbocycles. The smallest absolute Gasteiger partial charge is 0.142 e. The molecule has 86 valence electrons. The van der Waals surface area contributed by atoms with Crippen LogP contribution in [-0.4, -0.2) is 32.0 Å². The van der Waals surface area contributed by atoms with Crippen LogP contribution in [0.2, 0.25) is 0 Å². The summed E-state index contributed by atoms with van der Waals surface area (Å²) >= 11 is 0. The van der Waals surface area contributed by atoms with Crippen molar-refractivity contribution in [3.63, 3.8) is 0 Å². The van der Waals surface area contributed by atoms with Crippen LogP contribution in [-0.2, 0) is 13.2 Å². The molecule has 0 saturated heterocycles. The summed E-state index contributed by atoms with van der Waals surface area (Å²) in [7, 11) is 0. The molecule has 0 aromatic carbocycles. The lowest BCUT2D eigenvalue weighted by Crippen LogP contribution is -1.98. The first-order valence-corrected chi connectivity index (χ1v) is 4.61. The minimum atomic E-state index is -0.287. The maximum atomic E-state index is 9.38. The van der Waals surface area contributed by atoms with Crippen molar-refractivity contribution in [1.82, 2.24) is 4.98 Å². The Morgan fingerprint density at radius 1 is 1.20 bits per heavy atom. The first-order chi connectivity index (χ1) is 7.12. The van der Waals surface area contributed by atoms with E-state index in [9.17, 15) is 5.11 Å². The van der Waals surface area contributed by atoms with Crippen molar-refractivity contribution in [3.05, 3.63) is 23.0 Å². The van der Waals surface area contributed by atoms with E-state index in [1.807, 2.05) is 0 Å². The van der Waals surface area contributed by atoms with Crippen molar-refractivity contribution < 1.29 is 20.4 Å². The molecular weight excluding hydrogens is 198 g/mol. The van der Waals surface area contributed by atoms with Crippen LogP contribution in [0.15, 0.2) is 6.20 Å². The number of aryl methyl sites for hydroxylation is 1. The minimum Gasteiger partial charge on any atom is -0.506 e. The molecule has 0 atom stereocenters.